The maximum Gasteiger partial charge on any atom is 0.0827 e. The van der Waals surface area contributed by atoms with E-state index in [9.17, 15) is 0 Å². The molecule has 1 heterocycles. The van der Waals surface area contributed by atoms with Gasteiger partial charge in [0.05, 0.1) is 11.3 Å². The molecule has 0 saturated heterocycles. The monoisotopic (exact) mass is 281 g/mol. The predicted octanol–water partition coefficient (Wildman–Crippen LogP) is 3.85. The molecule has 0 bridgehead atoms. The highest BCUT2D eigenvalue weighted by Gasteiger charge is 2.20. The van der Waals surface area contributed by atoms with E-state index in [1.165, 1.54) is 0 Å². The van der Waals surface area contributed by atoms with Crippen LogP contribution in [0.2, 0.25) is 0 Å². The first-order chi connectivity index (χ1) is 9.22. The van der Waals surface area contributed by atoms with Crippen molar-refractivity contribution in [1.82, 2.24) is 15.0 Å². The summed E-state index contributed by atoms with van der Waals surface area (Å²) in [6, 6.07) is 0. The van der Waals surface area contributed by atoms with Crippen LogP contribution in [0.25, 0.3) is 0 Å². The van der Waals surface area contributed by atoms with Crippen LogP contribution in [0.3, 0.4) is 0 Å². The van der Waals surface area contributed by atoms with Crippen molar-refractivity contribution < 1.29 is 4.74 Å². The third kappa shape index (κ3) is 7.04. The topological polar surface area (TPSA) is 39.9 Å². The molecule has 20 heavy (non-hydrogen) atoms. The van der Waals surface area contributed by atoms with Crippen molar-refractivity contribution in [2.75, 3.05) is 6.61 Å². The summed E-state index contributed by atoms with van der Waals surface area (Å²) < 4.78 is 7.95. The fourth-order valence-corrected chi connectivity index (χ4v) is 1.91. The Balaban J connectivity index is 2.34. The number of ether oxygens (including phenoxy) is 1. The van der Waals surface area contributed by atoms with E-state index in [4.69, 9.17) is 4.74 Å². The fraction of sp³-hybridized carbons (Fsp3) is 0.875. The number of aromatic nitrogens is 3. The number of rotatable bonds is 8. The number of hydrogen-bond donors (Lipinski definition) is 0. The van der Waals surface area contributed by atoms with E-state index >= 15 is 0 Å². The Hall–Kier alpha value is -0.900. The van der Waals surface area contributed by atoms with Gasteiger partial charge in [-0.05, 0) is 38.5 Å². The lowest BCUT2D eigenvalue weighted by molar-refractivity contribution is -0.0360. The average molecular weight is 281 g/mol. The zero-order valence-corrected chi connectivity index (χ0v) is 14.1. The molecule has 0 N–H and O–H groups in total. The molecule has 0 spiro atoms. The van der Waals surface area contributed by atoms with Gasteiger partial charge >= 0.3 is 0 Å². The molecule has 0 aliphatic heterocycles. The second-order valence-electron chi connectivity index (χ2n) is 7.39. The Bertz CT molecular complexity index is 391. The molecule has 116 valence electrons. The number of hydrogen-bond acceptors (Lipinski definition) is 3. The van der Waals surface area contributed by atoms with Crippen molar-refractivity contribution in [3.05, 3.63) is 11.9 Å². The molecule has 0 fully saturated rings. The first kappa shape index (κ1) is 17.2. The van der Waals surface area contributed by atoms with Crippen molar-refractivity contribution in [3.63, 3.8) is 0 Å². The predicted molar refractivity (Wildman–Crippen MR) is 82.7 cm³/mol. The van der Waals surface area contributed by atoms with Gasteiger partial charge in [-0.1, -0.05) is 39.3 Å². The molecule has 0 aliphatic carbocycles. The molecule has 4 nitrogen and oxygen atoms in total. The van der Waals surface area contributed by atoms with E-state index in [1.807, 2.05) is 4.68 Å². The van der Waals surface area contributed by atoms with Gasteiger partial charge in [0, 0.05) is 19.3 Å². The lowest BCUT2D eigenvalue weighted by Crippen LogP contribution is -2.28. The maximum absolute atomic E-state index is 6.02. The summed E-state index contributed by atoms with van der Waals surface area (Å²) in [6.07, 6.45) is 6.20. The van der Waals surface area contributed by atoms with E-state index in [0.717, 1.165) is 44.5 Å². The minimum atomic E-state index is -0.109. The quantitative estimate of drug-likeness (QED) is 0.726. The van der Waals surface area contributed by atoms with Crippen LogP contribution in [0, 0.1) is 5.41 Å². The highest BCUT2D eigenvalue weighted by molar-refractivity contribution is 4.91. The standard InChI is InChI=1S/C16H31N3O/c1-7-8-14-13-19(18-17-14)11-9-16(5,6)20-12-10-15(2,3)4/h13H,7-12H2,1-6H3. The first-order valence-electron chi connectivity index (χ1n) is 7.75. The van der Waals surface area contributed by atoms with E-state index < -0.39 is 0 Å². The summed E-state index contributed by atoms with van der Waals surface area (Å²) in [5.41, 5.74) is 1.30. The van der Waals surface area contributed by atoms with Gasteiger partial charge in [-0.2, -0.15) is 0 Å². The average Bonchev–Trinajstić information content (AvgIpc) is 2.73. The zero-order valence-electron chi connectivity index (χ0n) is 14.1. The molecule has 0 saturated carbocycles. The summed E-state index contributed by atoms with van der Waals surface area (Å²) in [7, 11) is 0. The summed E-state index contributed by atoms with van der Waals surface area (Å²) in [6.45, 7) is 14.9. The molecule has 0 atom stereocenters. The van der Waals surface area contributed by atoms with E-state index in [1.54, 1.807) is 0 Å². The molecule has 0 aromatic carbocycles. The molecule has 1 aromatic heterocycles. The largest absolute Gasteiger partial charge is 0.375 e. The van der Waals surface area contributed by atoms with Crippen LogP contribution >= 0.6 is 0 Å². The molecular formula is C16H31N3O. The van der Waals surface area contributed by atoms with Crippen molar-refractivity contribution in [2.45, 2.75) is 79.4 Å². The van der Waals surface area contributed by atoms with Crippen molar-refractivity contribution >= 4 is 0 Å². The van der Waals surface area contributed by atoms with E-state index in [0.29, 0.717) is 5.41 Å². The fourth-order valence-electron chi connectivity index (χ4n) is 1.91. The molecule has 0 aliphatic rings. The molecule has 0 amide bonds. The SMILES string of the molecule is CCCc1cn(CCC(C)(C)OCCC(C)(C)C)nn1. The highest BCUT2D eigenvalue weighted by atomic mass is 16.5. The van der Waals surface area contributed by atoms with E-state index in [-0.39, 0.29) is 5.60 Å². The molecule has 0 unspecified atom stereocenters. The second-order valence-corrected chi connectivity index (χ2v) is 7.39. The highest BCUT2D eigenvalue weighted by Crippen LogP contribution is 2.22. The van der Waals surface area contributed by atoms with Gasteiger partial charge in [0.1, 0.15) is 0 Å². The smallest absolute Gasteiger partial charge is 0.0827 e. The minimum Gasteiger partial charge on any atom is -0.375 e. The van der Waals surface area contributed by atoms with Crippen LogP contribution in [0.4, 0.5) is 0 Å². The van der Waals surface area contributed by atoms with E-state index in [2.05, 4.69) is 58.1 Å². The molecular weight excluding hydrogens is 250 g/mol. The Kier molecular flexibility index (Phi) is 6.18. The molecule has 0 radical (unpaired) electrons. The molecule has 1 aromatic rings. The van der Waals surface area contributed by atoms with Crippen LogP contribution in [0.15, 0.2) is 6.20 Å². The van der Waals surface area contributed by atoms with Gasteiger partial charge in [-0.15, -0.1) is 5.10 Å². The minimum absolute atomic E-state index is 0.109. The van der Waals surface area contributed by atoms with Crippen LogP contribution in [-0.4, -0.2) is 27.2 Å². The summed E-state index contributed by atoms with van der Waals surface area (Å²) >= 11 is 0. The van der Waals surface area contributed by atoms with Crippen molar-refractivity contribution in [3.8, 4) is 0 Å². The van der Waals surface area contributed by atoms with Gasteiger partial charge in [-0.25, -0.2) is 0 Å². The third-order valence-corrected chi connectivity index (χ3v) is 3.38. The lowest BCUT2D eigenvalue weighted by atomic mass is 9.93. The van der Waals surface area contributed by atoms with Gasteiger partial charge in [0.25, 0.3) is 0 Å². The van der Waals surface area contributed by atoms with Gasteiger partial charge < -0.3 is 4.74 Å². The Labute approximate surface area is 123 Å². The summed E-state index contributed by atoms with van der Waals surface area (Å²) in [4.78, 5) is 0. The lowest BCUT2D eigenvalue weighted by Gasteiger charge is -2.27. The second kappa shape index (κ2) is 7.21. The van der Waals surface area contributed by atoms with Crippen LogP contribution in [0.5, 0.6) is 0 Å². The normalized spacial score (nSPS) is 12.9. The Morgan fingerprint density at radius 1 is 1.15 bits per heavy atom. The third-order valence-electron chi connectivity index (χ3n) is 3.38. The first-order valence-corrected chi connectivity index (χ1v) is 7.75. The van der Waals surface area contributed by atoms with Crippen molar-refractivity contribution in [1.29, 1.82) is 0 Å². The molecule has 4 heteroatoms. The Morgan fingerprint density at radius 2 is 1.85 bits per heavy atom. The van der Waals surface area contributed by atoms with Crippen LogP contribution < -0.4 is 0 Å². The van der Waals surface area contributed by atoms with Crippen LogP contribution in [-0.2, 0) is 17.7 Å². The zero-order chi connectivity index (χ0) is 15.2. The maximum atomic E-state index is 6.02. The van der Waals surface area contributed by atoms with Gasteiger partial charge in [-0.3, -0.25) is 4.68 Å². The van der Waals surface area contributed by atoms with Gasteiger partial charge in [0.2, 0.25) is 0 Å². The van der Waals surface area contributed by atoms with Crippen LogP contribution in [0.1, 0.15) is 66.5 Å². The van der Waals surface area contributed by atoms with Gasteiger partial charge in [0.15, 0.2) is 0 Å². The molecule has 1 rings (SSSR count). The number of nitrogens with zero attached hydrogens (tertiary/aromatic N) is 3. The summed E-state index contributed by atoms with van der Waals surface area (Å²) in [5.74, 6) is 0. The summed E-state index contributed by atoms with van der Waals surface area (Å²) in [5, 5.41) is 8.34. The Morgan fingerprint density at radius 3 is 2.45 bits per heavy atom. The van der Waals surface area contributed by atoms with Crippen molar-refractivity contribution in [2.24, 2.45) is 5.41 Å². The number of aryl methyl sites for hydroxylation is 2.